The van der Waals surface area contributed by atoms with Crippen molar-refractivity contribution in [1.29, 1.82) is 0 Å². The highest BCUT2D eigenvalue weighted by Crippen LogP contribution is 2.45. The average Bonchev–Trinajstić information content (AvgIpc) is 0.920. The molecule has 0 heterocycles. The van der Waals surface area contributed by atoms with Crippen LogP contribution in [0.15, 0.2) is 122 Å². The lowest BCUT2D eigenvalue weighted by Crippen LogP contribution is -2.30. The fourth-order valence-corrected chi connectivity index (χ4v) is 13.2. The Hall–Kier alpha value is -4.05. The van der Waals surface area contributed by atoms with Crippen LogP contribution in [0.5, 0.6) is 0 Å². The molecule has 0 saturated carbocycles. The lowest BCUT2D eigenvalue weighted by Gasteiger charge is -2.21. The van der Waals surface area contributed by atoms with Crippen molar-refractivity contribution in [2.75, 3.05) is 39.6 Å². The molecule has 18 heteroatoms. The van der Waals surface area contributed by atoms with Gasteiger partial charge in [0.1, 0.15) is 25.4 Å². The number of phosphoric ester groups is 2. The molecular formula is C89H156O16P2. The number of aliphatic hydroxyl groups is 2. The minimum Gasteiger partial charge on any atom is -0.463 e. The van der Waals surface area contributed by atoms with E-state index < -0.39 is 91.5 Å². The number of unbranched alkanes of at least 4 members (excludes halogenated alkanes) is 38. The van der Waals surface area contributed by atoms with Gasteiger partial charge in [-0.3, -0.25) is 32.5 Å². The fourth-order valence-electron chi connectivity index (χ4n) is 11.6. The molecule has 16 nitrogen and oxygen atoms in total. The Kier molecular flexibility index (Phi) is 78.4. The number of aliphatic hydroxyl groups excluding tert-OH is 2. The van der Waals surface area contributed by atoms with Crippen molar-refractivity contribution in [3.05, 3.63) is 122 Å². The second-order valence-electron chi connectivity index (χ2n) is 28.6. The Labute approximate surface area is 653 Å². The smallest absolute Gasteiger partial charge is 0.463 e. The van der Waals surface area contributed by atoms with E-state index in [1.807, 2.05) is 0 Å². The van der Waals surface area contributed by atoms with Gasteiger partial charge in [-0.1, -0.05) is 335 Å². The maximum atomic E-state index is 13.0. The maximum Gasteiger partial charge on any atom is 0.472 e. The standard InChI is InChI=1S/C89H156O16P2/c1-4-7-10-13-16-19-22-25-27-29-31-33-35-37-38-39-40-41-42-43-44-46-48-49-51-53-55-58-60-63-66-69-72-75-87(92)99-78-84(90)79-101-106(95,96)102-80-85(91)81-103-107(97,98)104-83-86(105-89(94)77-74-71-68-65-62-57-24-21-18-15-12-9-6-3)82-100-88(93)76-73-70-67-64-61-59-56-54-52-50-47-45-36-34-32-30-28-26-23-20-17-14-11-8-5-2/h8,11,16-17,19-21,24-28,31-34,37-38,45,47,84-86,90-91H,4-7,9-10,12-15,18,22-23,29-30,35-36,39-44,46,48-83H2,1-3H3,(H,95,96)(H,97,98)/b11-8-,19-16-,20-17-,24-21-,27-25-,28-26-,33-31-,34-32-,38-37-,47-45-. The van der Waals surface area contributed by atoms with Crippen molar-refractivity contribution in [2.24, 2.45) is 0 Å². The molecule has 4 N–H and O–H groups in total. The number of carbonyl (C=O) groups excluding carboxylic acids is 3. The van der Waals surface area contributed by atoms with Gasteiger partial charge in [0, 0.05) is 19.3 Å². The molecule has 5 unspecified atom stereocenters. The summed E-state index contributed by atoms with van der Waals surface area (Å²) in [4.78, 5) is 58.7. The van der Waals surface area contributed by atoms with Gasteiger partial charge in [0.15, 0.2) is 6.10 Å². The predicted octanol–water partition coefficient (Wildman–Crippen LogP) is 25.7. The SMILES string of the molecule is CC/C=C\C/C=C\C/C=C\C/C=C\C/C=C\CCCCCCCCCCCC(=O)OCC(COP(=O)(O)OCC(O)COP(=O)(O)OCC(O)COC(=O)CCCCCCCCCCCCCCCCCCC/C=C\C/C=C\C/C=C\C/C=C\CCCCC)OC(=O)CCCCCCC/C=C\CCCCCC. The molecule has 0 aliphatic rings. The molecule has 618 valence electrons. The zero-order chi connectivity index (χ0) is 78.0. The summed E-state index contributed by atoms with van der Waals surface area (Å²) in [5.41, 5.74) is 0. The highest BCUT2D eigenvalue weighted by atomic mass is 31.2. The summed E-state index contributed by atoms with van der Waals surface area (Å²) < 4.78 is 61.2. The number of hydrogen-bond acceptors (Lipinski definition) is 14. The lowest BCUT2D eigenvalue weighted by molar-refractivity contribution is -0.161. The quantitative estimate of drug-likeness (QED) is 0.0146. The van der Waals surface area contributed by atoms with E-state index in [2.05, 4.69) is 142 Å². The first-order valence-electron chi connectivity index (χ1n) is 42.8. The zero-order valence-corrected chi connectivity index (χ0v) is 69.6. The Balaban J connectivity index is 4.42. The van der Waals surface area contributed by atoms with Gasteiger partial charge in [0.05, 0.1) is 26.4 Å². The molecule has 0 radical (unpaired) electrons. The van der Waals surface area contributed by atoms with Crippen LogP contribution in [-0.2, 0) is 55.8 Å². The number of esters is 3. The molecule has 0 aromatic rings. The summed E-state index contributed by atoms with van der Waals surface area (Å²) in [6, 6.07) is 0. The summed E-state index contributed by atoms with van der Waals surface area (Å²) in [5, 5.41) is 20.7. The molecule has 0 aromatic carbocycles. The van der Waals surface area contributed by atoms with Crippen LogP contribution in [-0.4, -0.2) is 95.9 Å². The summed E-state index contributed by atoms with van der Waals surface area (Å²) >= 11 is 0. The van der Waals surface area contributed by atoms with Gasteiger partial charge in [-0.15, -0.1) is 0 Å². The molecule has 0 bridgehead atoms. The Morgan fingerprint density at radius 3 is 0.813 bits per heavy atom. The summed E-state index contributed by atoms with van der Waals surface area (Å²) in [5.74, 6) is -1.58. The van der Waals surface area contributed by atoms with E-state index in [9.17, 15) is 43.5 Å². The summed E-state index contributed by atoms with van der Waals surface area (Å²) in [7, 11) is -9.79. The third kappa shape index (κ3) is 82.7. The number of ether oxygens (including phenoxy) is 3. The molecule has 107 heavy (non-hydrogen) atoms. The summed E-state index contributed by atoms with van der Waals surface area (Å²) in [6.07, 6.45) is 98.3. The van der Waals surface area contributed by atoms with Gasteiger partial charge in [0.2, 0.25) is 0 Å². The molecular weight excluding hydrogens is 1390 g/mol. The minimum atomic E-state index is -4.93. The second-order valence-corrected chi connectivity index (χ2v) is 31.5. The number of phosphoric acid groups is 2. The topological polar surface area (TPSA) is 231 Å². The van der Waals surface area contributed by atoms with Crippen LogP contribution in [0.3, 0.4) is 0 Å². The van der Waals surface area contributed by atoms with Gasteiger partial charge in [-0.25, -0.2) is 9.13 Å². The molecule has 0 aliphatic heterocycles. The third-order valence-electron chi connectivity index (χ3n) is 18.1. The van der Waals surface area contributed by atoms with Gasteiger partial charge in [-0.2, -0.15) is 0 Å². The van der Waals surface area contributed by atoms with Crippen LogP contribution >= 0.6 is 15.6 Å². The fraction of sp³-hybridized carbons (Fsp3) is 0.742. The Morgan fingerprint density at radius 1 is 0.271 bits per heavy atom. The van der Waals surface area contributed by atoms with Gasteiger partial charge in [-0.05, 0) is 135 Å². The zero-order valence-electron chi connectivity index (χ0n) is 67.8. The number of allylic oxidation sites excluding steroid dienone is 20. The number of carbonyl (C=O) groups is 3. The van der Waals surface area contributed by atoms with Gasteiger partial charge < -0.3 is 34.2 Å². The van der Waals surface area contributed by atoms with Crippen molar-refractivity contribution in [1.82, 2.24) is 0 Å². The van der Waals surface area contributed by atoms with Crippen molar-refractivity contribution in [3.8, 4) is 0 Å². The van der Waals surface area contributed by atoms with Crippen molar-refractivity contribution < 1.29 is 75.8 Å². The Bertz CT molecular complexity index is 2430. The van der Waals surface area contributed by atoms with E-state index in [0.29, 0.717) is 19.3 Å². The first kappa shape index (κ1) is 103. The monoisotopic (exact) mass is 1540 g/mol. The van der Waals surface area contributed by atoms with Gasteiger partial charge in [0.25, 0.3) is 0 Å². The van der Waals surface area contributed by atoms with E-state index in [-0.39, 0.29) is 19.3 Å². The molecule has 0 rings (SSSR count). The van der Waals surface area contributed by atoms with Crippen molar-refractivity contribution >= 4 is 33.6 Å². The molecule has 5 atom stereocenters. The van der Waals surface area contributed by atoms with Crippen LogP contribution < -0.4 is 0 Å². The average molecular weight is 1540 g/mol. The molecule has 0 saturated heterocycles. The van der Waals surface area contributed by atoms with E-state index in [0.717, 1.165) is 141 Å². The van der Waals surface area contributed by atoms with E-state index in [1.54, 1.807) is 0 Å². The molecule has 0 spiro atoms. The largest absolute Gasteiger partial charge is 0.472 e. The van der Waals surface area contributed by atoms with E-state index >= 15 is 0 Å². The summed E-state index contributed by atoms with van der Waals surface area (Å²) in [6.45, 7) is 2.55. The first-order chi connectivity index (χ1) is 52.2. The van der Waals surface area contributed by atoms with Crippen LogP contribution in [0.1, 0.15) is 367 Å². The highest BCUT2D eigenvalue weighted by Gasteiger charge is 2.29. The van der Waals surface area contributed by atoms with Crippen molar-refractivity contribution in [3.63, 3.8) is 0 Å². The van der Waals surface area contributed by atoms with Crippen LogP contribution in [0, 0.1) is 0 Å². The first-order valence-corrected chi connectivity index (χ1v) is 45.8. The number of hydrogen-bond donors (Lipinski definition) is 4. The van der Waals surface area contributed by atoms with Crippen LogP contribution in [0.4, 0.5) is 0 Å². The lowest BCUT2D eigenvalue weighted by atomic mass is 10.0. The molecule has 0 fully saturated rings. The van der Waals surface area contributed by atoms with Crippen molar-refractivity contribution in [2.45, 2.75) is 386 Å². The third-order valence-corrected chi connectivity index (χ3v) is 20.0. The minimum absolute atomic E-state index is 0.0925. The van der Waals surface area contributed by atoms with Gasteiger partial charge >= 0.3 is 33.6 Å². The van der Waals surface area contributed by atoms with E-state index in [1.165, 1.54) is 167 Å². The highest BCUT2D eigenvalue weighted by molar-refractivity contribution is 7.47. The normalized spacial score (nSPS) is 14.5. The Morgan fingerprint density at radius 2 is 0.495 bits per heavy atom. The van der Waals surface area contributed by atoms with E-state index in [4.69, 9.17) is 32.3 Å². The predicted molar refractivity (Wildman–Crippen MR) is 445 cm³/mol. The molecule has 0 aliphatic carbocycles. The second kappa shape index (κ2) is 81.4. The van der Waals surface area contributed by atoms with Crippen LogP contribution in [0.2, 0.25) is 0 Å². The molecule has 0 amide bonds. The molecule has 0 aromatic heterocycles. The van der Waals surface area contributed by atoms with Crippen LogP contribution in [0.25, 0.3) is 0 Å². The number of rotatable bonds is 81. The maximum absolute atomic E-state index is 13.0.